The molecule has 0 saturated carbocycles. The van der Waals surface area contributed by atoms with Gasteiger partial charge in [-0.1, -0.05) is 0 Å². The fourth-order valence-electron chi connectivity index (χ4n) is 2.11. The van der Waals surface area contributed by atoms with E-state index >= 15 is 0 Å². The van der Waals surface area contributed by atoms with Gasteiger partial charge in [-0.3, -0.25) is 4.79 Å². The van der Waals surface area contributed by atoms with Crippen molar-refractivity contribution in [2.24, 2.45) is 0 Å². The molecule has 0 unspecified atom stereocenters. The van der Waals surface area contributed by atoms with Gasteiger partial charge in [0, 0.05) is 19.2 Å². The molecular weight excluding hydrogens is 248 g/mol. The first-order valence-corrected chi connectivity index (χ1v) is 5.83. The molecule has 0 saturated heterocycles. The van der Waals surface area contributed by atoms with E-state index in [1.165, 1.54) is 12.1 Å². The van der Waals surface area contributed by atoms with Crippen LogP contribution in [0, 0.1) is 0 Å². The number of aromatic hydroxyl groups is 2. The molecule has 0 radical (unpaired) electrons. The monoisotopic (exact) mass is 260 g/mol. The van der Waals surface area contributed by atoms with Crippen molar-refractivity contribution >= 4 is 5.91 Å². The zero-order valence-corrected chi connectivity index (χ0v) is 10.0. The maximum Gasteiger partial charge on any atom is 0.258 e. The molecule has 1 aromatic carbocycles. The van der Waals surface area contributed by atoms with E-state index in [0.717, 1.165) is 11.9 Å². The Labute approximate surface area is 108 Å². The van der Waals surface area contributed by atoms with Gasteiger partial charge in [0.1, 0.15) is 17.8 Å². The summed E-state index contributed by atoms with van der Waals surface area (Å²) in [5, 5.41) is 26.7. The molecule has 19 heavy (non-hydrogen) atoms. The largest absolute Gasteiger partial charge is 0.508 e. The van der Waals surface area contributed by atoms with E-state index in [-0.39, 0.29) is 23.0 Å². The normalized spacial score (nSPS) is 14.2. The smallest absolute Gasteiger partial charge is 0.258 e. The average Bonchev–Trinajstić information content (AvgIpc) is 2.85. The standard InChI is InChI=1S/C12H12N4O3/c17-8-1-2-9(10(18)5-8)12(19)15-3-4-16-7-13-14-11(16)6-15/h1-2,5,7,17-18H,3-4,6H2. The number of fused-ring (bicyclic) bond motifs is 1. The van der Waals surface area contributed by atoms with Crippen LogP contribution in [-0.4, -0.2) is 42.3 Å². The van der Waals surface area contributed by atoms with Crippen LogP contribution in [0.15, 0.2) is 24.5 Å². The van der Waals surface area contributed by atoms with E-state index in [2.05, 4.69) is 10.2 Å². The van der Waals surface area contributed by atoms with Crippen molar-refractivity contribution in [2.75, 3.05) is 6.54 Å². The summed E-state index contributed by atoms with van der Waals surface area (Å²) in [6.45, 7) is 1.52. The Hall–Kier alpha value is -2.57. The molecule has 1 aliphatic rings. The number of phenols is 2. The summed E-state index contributed by atoms with van der Waals surface area (Å²) in [4.78, 5) is 13.9. The van der Waals surface area contributed by atoms with Crippen molar-refractivity contribution in [1.29, 1.82) is 0 Å². The van der Waals surface area contributed by atoms with Gasteiger partial charge in [0.15, 0.2) is 5.82 Å². The third-order valence-electron chi connectivity index (χ3n) is 3.14. The third kappa shape index (κ3) is 1.99. The van der Waals surface area contributed by atoms with Crippen molar-refractivity contribution in [3.05, 3.63) is 35.9 Å². The van der Waals surface area contributed by atoms with Gasteiger partial charge in [-0.25, -0.2) is 0 Å². The van der Waals surface area contributed by atoms with Gasteiger partial charge in [-0.2, -0.15) is 0 Å². The van der Waals surface area contributed by atoms with E-state index in [0.29, 0.717) is 19.6 Å². The quantitative estimate of drug-likeness (QED) is 0.771. The van der Waals surface area contributed by atoms with Gasteiger partial charge in [-0.05, 0) is 12.1 Å². The number of carbonyl (C=O) groups excluding carboxylic acids is 1. The summed E-state index contributed by atoms with van der Waals surface area (Å²) in [5.74, 6) is 0.133. The van der Waals surface area contributed by atoms with Gasteiger partial charge in [-0.15, -0.1) is 10.2 Å². The first kappa shape index (κ1) is 11.5. The first-order chi connectivity index (χ1) is 9.15. The lowest BCUT2D eigenvalue weighted by molar-refractivity contribution is 0.0704. The molecule has 3 rings (SSSR count). The maximum atomic E-state index is 12.3. The van der Waals surface area contributed by atoms with Crippen molar-refractivity contribution in [2.45, 2.75) is 13.1 Å². The van der Waals surface area contributed by atoms with Crippen molar-refractivity contribution in [3.63, 3.8) is 0 Å². The highest BCUT2D eigenvalue weighted by molar-refractivity contribution is 5.97. The first-order valence-electron chi connectivity index (χ1n) is 5.83. The second-order valence-electron chi connectivity index (χ2n) is 4.37. The number of carbonyl (C=O) groups is 1. The van der Waals surface area contributed by atoms with Crippen LogP contribution in [0.25, 0.3) is 0 Å². The van der Waals surface area contributed by atoms with Crippen LogP contribution in [0.3, 0.4) is 0 Å². The number of nitrogens with zero attached hydrogens (tertiary/aromatic N) is 4. The molecule has 2 heterocycles. The molecule has 0 bridgehead atoms. The zero-order chi connectivity index (χ0) is 13.4. The van der Waals surface area contributed by atoms with Crippen LogP contribution in [0.5, 0.6) is 11.5 Å². The summed E-state index contributed by atoms with van der Waals surface area (Å²) in [5.41, 5.74) is 0.172. The summed E-state index contributed by atoms with van der Waals surface area (Å²) in [6, 6.07) is 3.94. The summed E-state index contributed by atoms with van der Waals surface area (Å²) in [7, 11) is 0. The summed E-state index contributed by atoms with van der Waals surface area (Å²) >= 11 is 0. The Morgan fingerprint density at radius 3 is 2.89 bits per heavy atom. The fraction of sp³-hybridized carbons (Fsp3) is 0.250. The number of amides is 1. The van der Waals surface area contributed by atoms with Crippen LogP contribution >= 0.6 is 0 Å². The van der Waals surface area contributed by atoms with Gasteiger partial charge in [0.2, 0.25) is 0 Å². The van der Waals surface area contributed by atoms with Crippen LogP contribution in [0.2, 0.25) is 0 Å². The Kier molecular flexibility index (Phi) is 2.59. The van der Waals surface area contributed by atoms with Gasteiger partial charge >= 0.3 is 0 Å². The highest BCUT2D eigenvalue weighted by Crippen LogP contribution is 2.25. The Morgan fingerprint density at radius 2 is 2.11 bits per heavy atom. The lowest BCUT2D eigenvalue weighted by Crippen LogP contribution is -2.38. The van der Waals surface area contributed by atoms with E-state index < -0.39 is 0 Å². The molecule has 2 N–H and O–H groups in total. The molecule has 1 aromatic heterocycles. The van der Waals surface area contributed by atoms with Crippen LogP contribution in [-0.2, 0) is 13.1 Å². The average molecular weight is 260 g/mol. The fourth-order valence-corrected chi connectivity index (χ4v) is 2.11. The van der Waals surface area contributed by atoms with Crippen molar-refractivity contribution in [3.8, 4) is 11.5 Å². The molecule has 7 heteroatoms. The van der Waals surface area contributed by atoms with Gasteiger partial charge in [0.05, 0.1) is 12.1 Å². The molecule has 98 valence electrons. The van der Waals surface area contributed by atoms with Gasteiger partial charge < -0.3 is 19.7 Å². The van der Waals surface area contributed by atoms with Crippen LogP contribution < -0.4 is 0 Å². The summed E-state index contributed by atoms with van der Waals surface area (Å²) < 4.78 is 1.89. The van der Waals surface area contributed by atoms with Crippen molar-refractivity contribution in [1.82, 2.24) is 19.7 Å². The highest BCUT2D eigenvalue weighted by Gasteiger charge is 2.24. The van der Waals surface area contributed by atoms with Gasteiger partial charge in [0.25, 0.3) is 5.91 Å². The van der Waals surface area contributed by atoms with E-state index in [1.807, 2.05) is 4.57 Å². The predicted octanol–water partition coefficient (Wildman–Crippen LogP) is 0.345. The van der Waals surface area contributed by atoms with E-state index in [4.69, 9.17) is 0 Å². The molecular formula is C12H12N4O3. The maximum absolute atomic E-state index is 12.3. The Morgan fingerprint density at radius 1 is 1.26 bits per heavy atom. The molecule has 0 atom stereocenters. The number of aromatic nitrogens is 3. The molecule has 1 aliphatic heterocycles. The minimum Gasteiger partial charge on any atom is -0.508 e. The van der Waals surface area contributed by atoms with Crippen molar-refractivity contribution < 1.29 is 15.0 Å². The SMILES string of the molecule is O=C(c1ccc(O)cc1O)N1CCn2cnnc2C1. The molecule has 1 amide bonds. The predicted molar refractivity (Wildman–Crippen MR) is 64.5 cm³/mol. The second-order valence-corrected chi connectivity index (χ2v) is 4.37. The molecule has 7 nitrogen and oxygen atoms in total. The number of phenolic OH excluding ortho intramolecular Hbond substituents is 2. The minimum absolute atomic E-state index is 0.0764. The minimum atomic E-state index is -0.285. The Bertz CT molecular complexity index is 638. The van der Waals surface area contributed by atoms with Crippen LogP contribution in [0.4, 0.5) is 0 Å². The number of benzene rings is 1. The number of hydrogen-bond acceptors (Lipinski definition) is 5. The van der Waals surface area contributed by atoms with E-state index in [1.54, 1.807) is 11.2 Å². The zero-order valence-electron chi connectivity index (χ0n) is 10.0. The molecule has 0 spiro atoms. The number of hydrogen-bond donors (Lipinski definition) is 2. The summed E-state index contributed by atoms with van der Waals surface area (Å²) in [6.07, 6.45) is 1.63. The molecule has 0 fully saturated rings. The molecule has 2 aromatic rings. The highest BCUT2D eigenvalue weighted by atomic mass is 16.3. The topological polar surface area (TPSA) is 91.5 Å². The Balaban J connectivity index is 1.85. The third-order valence-corrected chi connectivity index (χ3v) is 3.14. The van der Waals surface area contributed by atoms with Crippen LogP contribution in [0.1, 0.15) is 16.2 Å². The lowest BCUT2D eigenvalue weighted by Gasteiger charge is -2.27. The van der Waals surface area contributed by atoms with E-state index in [9.17, 15) is 15.0 Å². The molecule has 0 aliphatic carbocycles. The number of rotatable bonds is 1. The lowest BCUT2D eigenvalue weighted by atomic mass is 10.1. The second kappa shape index (κ2) is 4.27.